The maximum absolute atomic E-state index is 13.4. The van der Waals surface area contributed by atoms with Gasteiger partial charge in [0.2, 0.25) is 0 Å². The zero-order valence-corrected chi connectivity index (χ0v) is 18.9. The summed E-state index contributed by atoms with van der Waals surface area (Å²) in [5.74, 6) is 0.487. The van der Waals surface area contributed by atoms with Gasteiger partial charge < -0.3 is 0 Å². The van der Waals surface area contributed by atoms with Gasteiger partial charge in [0.25, 0.3) is 11.5 Å². The van der Waals surface area contributed by atoms with Crippen LogP contribution in [0.2, 0.25) is 0 Å². The number of nitrogens with one attached hydrogen (secondary N) is 1. The lowest BCUT2D eigenvalue weighted by Crippen LogP contribution is -2.35. The second-order valence-corrected chi connectivity index (χ2v) is 8.23. The molecule has 0 aliphatic heterocycles. The molecule has 0 aliphatic rings. The molecule has 0 spiro atoms. The molecule has 0 fully saturated rings. The van der Waals surface area contributed by atoms with E-state index in [0.29, 0.717) is 22.6 Å². The number of hydrazone groups is 1. The Balaban J connectivity index is 1.64. The number of hydrogen-bond donors (Lipinski definition) is 1. The van der Waals surface area contributed by atoms with Gasteiger partial charge in [0.05, 0.1) is 17.1 Å². The molecule has 0 bridgehead atoms. The maximum atomic E-state index is 13.4. The van der Waals surface area contributed by atoms with Crippen molar-refractivity contribution in [2.75, 3.05) is 0 Å². The van der Waals surface area contributed by atoms with Gasteiger partial charge in [0.1, 0.15) is 11.9 Å². The molecule has 4 aromatic rings. The first-order valence-corrected chi connectivity index (χ1v) is 11.0. The smallest absolute Gasteiger partial charge is 0.263 e. The summed E-state index contributed by atoms with van der Waals surface area (Å²) < 4.78 is 1.43. The SMILES string of the molecule is CC(C)c1ccc(C=NNC(=O)[C@H](C)n2c(-c3ccccc3)nc3ccccc3c2=O)cc1. The molecule has 1 atom stereocenters. The number of aromatic nitrogens is 2. The van der Waals surface area contributed by atoms with Crippen molar-refractivity contribution < 1.29 is 4.79 Å². The molecule has 1 aromatic heterocycles. The van der Waals surface area contributed by atoms with Crippen LogP contribution in [0.3, 0.4) is 0 Å². The van der Waals surface area contributed by atoms with Crippen LogP contribution in [-0.2, 0) is 4.79 Å². The van der Waals surface area contributed by atoms with E-state index in [0.717, 1.165) is 11.1 Å². The standard InChI is InChI=1S/C27H26N4O2/c1-18(2)21-15-13-20(14-16-21)17-28-30-26(32)19(3)31-25(22-9-5-4-6-10-22)29-24-12-8-7-11-23(24)27(31)33/h4-19H,1-3H3,(H,30,32)/t19-/m0/s1. The van der Waals surface area contributed by atoms with Crippen LogP contribution in [0, 0.1) is 0 Å². The third-order valence-corrected chi connectivity index (χ3v) is 5.60. The van der Waals surface area contributed by atoms with Gasteiger partial charge >= 0.3 is 0 Å². The molecular weight excluding hydrogens is 412 g/mol. The average molecular weight is 439 g/mol. The first-order valence-electron chi connectivity index (χ1n) is 11.0. The van der Waals surface area contributed by atoms with Crippen molar-refractivity contribution >= 4 is 23.0 Å². The first kappa shape index (κ1) is 22.1. The number of para-hydroxylation sites is 1. The topological polar surface area (TPSA) is 76.3 Å². The highest BCUT2D eigenvalue weighted by Crippen LogP contribution is 2.22. The van der Waals surface area contributed by atoms with Crippen LogP contribution < -0.4 is 11.0 Å². The monoisotopic (exact) mass is 438 g/mol. The van der Waals surface area contributed by atoms with Gasteiger partial charge in [-0.05, 0) is 36.1 Å². The Morgan fingerprint density at radius 1 is 0.939 bits per heavy atom. The molecule has 0 radical (unpaired) electrons. The third kappa shape index (κ3) is 4.75. The van der Waals surface area contributed by atoms with E-state index >= 15 is 0 Å². The van der Waals surface area contributed by atoms with Crippen molar-refractivity contribution in [3.8, 4) is 11.4 Å². The predicted octanol–water partition coefficient (Wildman–Crippen LogP) is 4.90. The molecule has 0 unspecified atom stereocenters. The minimum Gasteiger partial charge on any atom is -0.280 e. The largest absolute Gasteiger partial charge is 0.280 e. The number of nitrogens with zero attached hydrogens (tertiary/aromatic N) is 3. The van der Waals surface area contributed by atoms with Crippen molar-refractivity contribution in [2.24, 2.45) is 5.10 Å². The predicted molar refractivity (Wildman–Crippen MR) is 132 cm³/mol. The fraction of sp³-hybridized carbons (Fsp3) is 0.185. The molecule has 166 valence electrons. The molecule has 4 rings (SSSR count). The fourth-order valence-corrected chi connectivity index (χ4v) is 3.64. The fourth-order valence-electron chi connectivity index (χ4n) is 3.64. The molecular formula is C27H26N4O2. The van der Waals surface area contributed by atoms with E-state index in [1.807, 2.05) is 60.7 Å². The zero-order valence-electron chi connectivity index (χ0n) is 18.9. The van der Waals surface area contributed by atoms with Gasteiger partial charge in [0, 0.05) is 5.56 Å². The zero-order chi connectivity index (χ0) is 23.4. The Labute approximate surface area is 192 Å². The summed E-state index contributed by atoms with van der Waals surface area (Å²) in [4.78, 5) is 31.0. The van der Waals surface area contributed by atoms with Crippen LogP contribution >= 0.6 is 0 Å². The summed E-state index contributed by atoms with van der Waals surface area (Å²) >= 11 is 0. The van der Waals surface area contributed by atoms with Crippen LogP contribution in [0.25, 0.3) is 22.3 Å². The molecule has 0 saturated carbocycles. The maximum Gasteiger partial charge on any atom is 0.263 e. The second kappa shape index (κ2) is 9.61. The summed E-state index contributed by atoms with van der Waals surface area (Å²) in [6.07, 6.45) is 1.59. The van der Waals surface area contributed by atoms with E-state index in [9.17, 15) is 9.59 Å². The minimum atomic E-state index is -0.815. The van der Waals surface area contributed by atoms with Crippen molar-refractivity contribution in [3.63, 3.8) is 0 Å². The number of hydrogen-bond acceptors (Lipinski definition) is 4. The number of carbonyl (C=O) groups is 1. The van der Waals surface area contributed by atoms with Gasteiger partial charge in [0.15, 0.2) is 0 Å². The average Bonchev–Trinajstić information content (AvgIpc) is 2.84. The van der Waals surface area contributed by atoms with Crippen molar-refractivity contribution in [3.05, 3.63) is 100 Å². The summed E-state index contributed by atoms with van der Waals surface area (Å²) in [6, 6.07) is 23.7. The van der Waals surface area contributed by atoms with E-state index < -0.39 is 11.9 Å². The summed E-state index contributed by atoms with van der Waals surface area (Å²) in [6.45, 7) is 5.95. The van der Waals surface area contributed by atoms with Gasteiger partial charge in [-0.15, -0.1) is 0 Å². The van der Waals surface area contributed by atoms with Crippen LogP contribution in [0.1, 0.15) is 43.9 Å². The van der Waals surface area contributed by atoms with E-state index in [4.69, 9.17) is 4.98 Å². The lowest BCUT2D eigenvalue weighted by Gasteiger charge is -2.18. The van der Waals surface area contributed by atoms with Crippen LogP contribution in [0.5, 0.6) is 0 Å². The van der Waals surface area contributed by atoms with Crippen molar-refractivity contribution in [1.82, 2.24) is 15.0 Å². The van der Waals surface area contributed by atoms with Crippen LogP contribution in [0.15, 0.2) is 88.8 Å². The Bertz CT molecular complexity index is 1360. The van der Waals surface area contributed by atoms with Gasteiger partial charge in [-0.2, -0.15) is 5.10 Å². The van der Waals surface area contributed by atoms with Gasteiger partial charge in [-0.3, -0.25) is 14.2 Å². The summed E-state index contributed by atoms with van der Waals surface area (Å²) in [5, 5.41) is 4.56. The summed E-state index contributed by atoms with van der Waals surface area (Å²) in [7, 11) is 0. The highest BCUT2D eigenvalue weighted by Gasteiger charge is 2.22. The van der Waals surface area contributed by atoms with Gasteiger partial charge in [-0.1, -0.05) is 80.6 Å². The van der Waals surface area contributed by atoms with Crippen molar-refractivity contribution in [2.45, 2.75) is 32.7 Å². The Kier molecular flexibility index (Phi) is 6.45. The Morgan fingerprint density at radius 2 is 1.61 bits per heavy atom. The van der Waals surface area contributed by atoms with Gasteiger partial charge in [-0.25, -0.2) is 10.4 Å². The second-order valence-electron chi connectivity index (χ2n) is 8.23. The summed E-state index contributed by atoms with van der Waals surface area (Å²) in [5.41, 5.74) is 5.76. The molecule has 1 N–H and O–H groups in total. The number of benzene rings is 3. The van der Waals surface area contributed by atoms with Crippen LogP contribution in [0.4, 0.5) is 0 Å². The van der Waals surface area contributed by atoms with E-state index in [-0.39, 0.29) is 5.56 Å². The van der Waals surface area contributed by atoms with Crippen molar-refractivity contribution in [1.29, 1.82) is 0 Å². The number of fused-ring (bicyclic) bond motifs is 1. The molecule has 0 saturated heterocycles. The molecule has 1 amide bonds. The molecule has 6 heteroatoms. The number of carbonyl (C=O) groups excluding carboxylic acids is 1. The first-order chi connectivity index (χ1) is 16.0. The molecule has 1 heterocycles. The third-order valence-electron chi connectivity index (χ3n) is 5.60. The highest BCUT2D eigenvalue weighted by atomic mass is 16.2. The molecule has 33 heavy (non-hydrogen) atoms. The highest BCUT2D eigenvalue weighted by molar-refractivity contribution is 5.85. The molecule has 6 nitrogen and oxygen atoms in total. The minimum absolute atomic E-state index is 0.268. The lowest BCUT2D eigenvalue weighted by atomic mass is 10.0. The van der Waals surface area contributed by atoms with E-state index in [1.165, 1.54) is 10.1 Å². The molecule has 3 aromatic carbocycles. The lowest BCUT2D eigenvalue weighted by molar-refractivity contribution is -0.123. The Morgan fingerprint density at radius 3 is 2.30 bits per heavy atom. The number of rotatable bonds is 6. The quantitative estimate of drug-likeness (QED) is 0.344. The van der Waals surface area contributed by atoms with E-state index in [1.54, 1.807) is 31.3 Å². The van der Waals surface area contributed by atoms with Crippen LogP contribution in [-0.4, -0.2) is 21.7 Å². The molecule has 0 aliphatic carbocycles. The number of amides is 1. The Hall–Kier alpha value is -4.06. The van der Waals surface area contributed by atoms with E-state index in [2.05, 4.69) is 24.4 Å². The normalized spacial score (nSPS) is 12.4.